The number of nitrogens with one attached hydrogen (secondary N) is 1. The number of hydrogen-bond donors (Lipinski definition) is 2. The molecule has 1 aromatic carbocycles. The molecule has 19 heavy (non-hydrogen) atoms. The number of nitrogen functional groups attached to an aromatic ring is 1. The first-order valence-corrected chi connectivity index (χ1v) is 7.28. The van der Waals surface area contributed by atoms with Crippen LogP contribution in [0, 0.1) is 5.41 Å². The second kappa shape index (κ2) is 7.50. The van der Waals surface area contributed by atoms with Crippen LogP contribution in [0.3, 0.4) is 0 Å². The minimum atomic E-state index is 0.119. The van der Waals surface area contributed by atoms with Crippen molar-refractivity contribution in [3.63, 3.8) is 0 Å². The van der Waals surface area contributed by atoms with Crippen LogP contribution in [0.2, 0.25) is 0 Å². The maximum Gasteiger partial charge on any atom is 0.124 e. The molecule has 3 N–H and O–H groups in total. The molecule has 0 amide bonds. The summed E-state index contributed by atoms with van der Waals surface area (Å²) in [4.78, 5) is 4.45. The molecule has 0 saturated carbocycles. The Morgan fingerprint density at radius 2 is 2.00 bits per heavy atom. The third-order valence-electron chi connectivity index (χ3n) is 3.01. The van der Waals surface area contributed by atoms with Crippen molar-refractivity contribution in [2.75, 3.05) is 38.6 Å². The SMILES string of the molecule is CCN(CCCN(C)C)c1cc(Br)ccc1C(=N)N. The van der Waals surface area contributed by atoms with E-state index < -0.39 is 0 Å². The Hall–Kier alpha value is -1.07. The van der Waals surface area contributed by atoms with E-state index in [1.54, 1.807) is 0 Å². The van der Waals surface area contributed by atoms with Gasteiger partial charge in [-0.05, 0) is 52.2 Å². The lowest BCUT2D eigenvalue weighted by molar-refractivity contribution is 0.400. The molecule has 0 aliphatic heterocycles. The molecule has 0 atom stereocenters. The summed E-state index contributed by atoms with van der Waals surface area (Å²) < 4.78 is 1.01. The summed E-state index contributed by atoms with van der Waals surface area (Å²) >= 11 is 3.49. The monoisotopic (exact) mass is 326 g/mol. The van der Waals surface area contributed by atoms with Gasteiger partial charge < -0.3 is 15.5 Å². The second-order valence-corrected chi connectivity index (χ2v) is 5.73. The van der Waals surface area contributed by atoms with Crippen LogP contribution in [0.1, 0.15) is 18.9 Å². The van der Waals surface area contributed by atoms with Gasteiger partial charge >= 0.3 is 0 Å². The van der Waals surface area contributed by atoms with E-state index in [4.69, 9.17) is 11.1 Å². The van der Waals surface area contributed by atoms with Crippen molar-refractivity contribution in [2.24, 2.45) is 5.73 Å². The molecule has 0 aromatic heterocycles. The van der Waals surface area contributed by atoms with E-state index in [1.807, 2.05) is 18.2 Å². The van der Waals surface area contributed by atoms with Gasteiger partial charge in [0.2, 0.25) is 0 Å². The molecule has 0 heterocycles. The summed E-state index contributed by atoms with van der Waals surface area (Å²) in [5, 5.41) is 7.69. The van der Waals surface area contributed by atoms with Gasteiger partial charge in [0.1, 0.15) is 5.84 Å². The number of amidine groups is 1. The molecule has 1 aromatic rings. The quantitative estimate of drug-likeness (QED) is 0.598. The van der Waals surface area contributed by atoms with Crippen molar-refractivity contribution in [1.29, 1.82) is 5.41 Å². The highest BCUT2D eigenvalue weighted by Crippen LogP contribution is 2.25. The van der Waals surface area contributed by atoms with E-state index in [0.29, 0.717) is 0 Å². The highest BCUT2D eigenvalue weighted by molar-refractivity contribution is 9.10. The van der Waals surface area contributed by atoms with Crippen LogP contribution >= 0.6 is 15.9 Å². The number of nitrogens with zero attached hydrogens (tertiary/aromatic N) is 2. The fourth-order valence-electron chi connectivity index (χ4n) is 2.02. The zero-order valence-corrected chi connectivity index (χ0v) is 13.5. The maximum atomic E-state index is 7.69. The summed E-state index contributed by atoms with van der Waals surface area (Å²) in [5.41, 5.74) is 7.50. The van der Waals surface area contributed by atoms with E-state index in [1.165, 1.54) is 0 Å². The van der Waals surface area contributed by atoms with Crippen LogP contribution < -0.4 is 10.6 Å². The Morgan fingerprint density at radius 1 is 1.32 bits per heavy atom. The Bertz CT molecular complexity index is 431. The van der Waals surface area contributed by atoms with Crippen LogP contribution in [0.15, 0.2) is 22.7 Å². The lowest BCUT2D eigenvalue weighted by Gasteiger charge is -2.26. The van der Waals surface area contributed by atoms with Crippen LogP contribution in [0.4, 0.5) is 5.69 Å². The minimum absolute atomic E-state index is 0.119. The normalized spacial score (nSPS) is 10.8. The van der Waals surface area contributed by atoms with Crippen molar-refractivity contribution in [2.45, 2.75) is 13.3 Å². The van der Waals surface area contributed by atoms with Crippen molar-refractivity contribution < 1.29 is 0 Å². The Balaban J connectivity index is 2.90. The van der Waals surface area contributed by atoms with Crippen LogP contribution in [-0.2, 0) is 0 Å². The lowest BCUT2D eigenvalue weighted by atomic mass is 10.1. The highest BCUT2D eigenvalue weighted by atomic mass is 79.9. The van der Waals surface area contributed by atoms with Gasteiger partial charge in [-0.3, -0.25) is 5.41 Å². The maximum absolute atomic E-state index is 7.69. The van der Waals surface area contributed by atoms with Crippen molar-refractivity contribution in [3.05, 3.63) is 28.2 Å². The topological polar surface area (TPSA) is 56.4 Å². The molecule has 106 valence electrons. The summed E-state index contributed by atoms with van der Waals surface area (Å²) in [6.45, 7) is 5.05. The average molecular weight is 327 g/mol. The van der Waals surface area contributed by atoms with E-state index in [9.17, 15) is 0 Å². The third-order valence-corrected chi connectivity index (χ3v) is 3.50. The first-order chi connectivity index (χ1) is 8.95. The Labute approximate surface area is 124 Å². The number of nitrogens with two attached hydrogens (primary N) is 1. The number of hydrogen-bond acceptors (Lipinski definition) is 3. The van der Waals surface area contributed by atoms with Gasteiger partial charge in [-0.15, -0.1) is 0 Å². The molecular weight excluding hydrogens is 304 g/mol. The Kier molecular flexibility index (Phi) is 6.31. The predicted molar refractivity (Wildman–Crippen MR) is 86.2 cm³/mol. The largest absolute Gasteiger partial charge is 0.384 e. The van der Waals surface area contributed by atoms with Crippen molar-refractivity contribution >= 4 is 27.5 Å². The summed E-state index contributed by atoms with van der Waals surface area (Å²) in [7, 11) is 4.16. The number of rotatable bonds is 7. The van der Waals surface area contributed by atoms with Gasteiger partial charge in [0.15, 0.2) is 0 Å². The fraction of sp³-hybridized carbons (Fsp3) is 0.500. The first-order valence-electron chi connectivity index (χ1n) is 6.49. The van der Waals surface area contributed by atoms with Gasteiger partial charge in [0, 0.05) is 28.8 Å². The van der Waals surface area contributed by atoms with Crippen LogP contribution in [0.5, 0.6) is 0 Å². The number of benzene rings is 1. The van der Waals surface area contributed by atoms with Gasteiger partial charge in [0.05, 0.1) is 0 Å². The summed E-state index contributed by atoms with van der Waals surface area (Å²) in [5.74, 6) is 0.119. The zero-order chi connectivity index (χ0) is 14.4. The molecule has 0 aliphatic rings. The number of halogens is 1. The van der Waals surface area contributed by atoms with Crippen LogP contribution in [0.25, 0.3) is 0 Å². The molecule has 1 rings (SSSR count). The van der Waals surface area contributed by atoms with E-state index in [-0.39, 0.29) is 5.84 Å². The molecule has 4 nitrogen and oxygen atoms in total. The average Bonchev–Trinajstić information content (AvgIpc) is 2.33. The van der Waals surface area contributed by atoms with Gasteiger partial charge in [-0.1, -0.05) is 15.9 Å². The Morgan fingerprint density at radius 3 is 2.53 bits per heavy atom. The minimum Gasteiger partial charge on any atom is -0.384 e. The first kappa shape index (κ1) is 16.0. The molecule has 0 bridgehead atoms. The van der Waals surface area contributed by atoms with Crippen LogP contribution in [-0.4, -0.2) is 44.5 Å². The van der Waals surface area contributed by atoms with Gasteiger partial charge in [-0.2, -0.15) is 0 Å². The van der Waals surface area contributed by atoms with E-state index in [2.05, 4.69) is 46.7 Å². The standard InChI is InChI=1S/C14H23BrN4/c1-4-19(9-5-8-18(2)3)13-10-11(15)6-7-12(13)14(16)17/h6-7,10H,4-5,8-9H2,1-3H3,(H3,16,17). The molecular formula is C14H23BrN4. The fourth-order valence-corrected chi connectivity index (χ4v) is 2.37. The highest BCUT2D eigenvalue weighted by Gasteiger charge is 2.12. The zero-order valence-electron chi connectivity index (χ0n) is 11.9. The molecule has 0 saturated heterocycles. The van der Waals surface area contributed by atoms with E-state index in [0.717, 1.165) is 41.8 Å². The van der Waals surface area contributed by atoms with Gasteiger partial charge in [-0.25, -0.2) is 0 Å². The lowest BCUT2D eigenvalue weighted by Crippen LogP contribution is -2.29. The number of anilines is 1. The van der Waals surface area contributed by atoms with Gasteiger partial charge in [0.25, 0.3) is 0 Å². The van der Waals surface area contributed by atoms with E-state index >= 15 is 0 Å². The second-order valence-electron chi connectivity index (χ2n) is 4.81. The predicted octanol–water partition coefficient (Wildman–Crippen LogP) is 2.51. The molecule has 0 unspecified atom stereocenters. The third kappa shape index (κ3) is 4.84. The molecule has 0 spiro atoms. The smallest absolute Gasteiger partial charge is 0.124 e. The molecule has 0 radical (unpaired) electrons. The summed E-state index contributed by atoms with van der Waals surface area (Å²) in [6, 6.07) is 5.86. The molecule has 5 heteroatoms. The molecule has 0 aliphatic carbocycles. The summed E-state index contributed by atoms with van der Waals surface area (Å²) in [6.07, 6.45) is 1.09. The molecule has 0 fully saturated rings. The van der Waals surface area contributed by atoms with Crippen molar-refractivity contribution in [1.82, 2.24) is 4.90 Å². The van der Waals surface area contributed by atoms with Crippen molar-refractivity contribution in [3.8, 4) is 0 Å².